The quantitative estimate of drug-likeness (QED) is 0.339. The molecule has 4 rings (SSSR count). The summed E-state index contributed by atoms with van der Waals surface area (Å²) in [6.45, 7) is 10.1. The standard InChI is InChI=1S/C20H26S2Si.2ClH.Zr/c1-5-17-13-15-9-7-11-19(15)21(17)23(3,4)22-18(6-2)14-16-10-8-12-20(16)22;;;/h7-14,17-18H,5-6H2,1-4H3;2*1H;/q+2;;;+2/p-2. The predicted molar refractivity (Wildman–Crippen MR) is 111 cm³/mol. The maximum absolute atomic E-state index is 2.69. The van der Waals surface area contributed by atoms with Gasteiger partial charge in [0.05, 0.1) is 0 Å². The fourth-order valence-electron chi connectivity index (χ4n) is 4.30. The molecule has 0 saturated heterocycles. The van der Waals surface area contributed by atoms with Crippen LogP contribution in [0.25, 0.3) is 0 Å². The Morgan fingerprint density at radius 2 is 1.19 bits per heavy atom. The van der Waals surface area contributed by atoms with E-state index in [1.54, 1.807) is 21.0 Å². The van der Waals surface area contributed by atoms with Gasteiger partial charge in [0.2, 0.25) is 0 Å². The van der Waals surface area contributed by atoms with Crippen LogP contribution in [-0.2, 0) is 46.9 Å². The minimum absolute atomic E-state index is 0. The van der Waals surface area contributed by atoms with Crippen molar-refractivity contribution in [1.29, 1.82) is 0 Å². The van der Waals surface area contributed by atoms with Gasteiger partial charge in [-0.2, -0.15) is 0 Å². The zero-order chi connectivity index (χ0) is 16.2. The summed E-state index contributed by atoms with van der Waals surface area (Å²) in [7, 11) is 0.906. The van der Waals surface area contributed by atoms with Gasteiger partial charge in [0, 0.05) is 44.9 Å². The van der Waals surface area contributed by atoms with Crippen molar-refractivity contribution in [3.63, 3.8) is 0 Å². The van der Waals surface area contributed by atoms with Crippen LogP contribution in [0.5, 0.6) is 0 Å². The van der Waals surface area contributed by atoms with E-state index in [4.69, 9.17) is 0 Å². The molecule has 0 aromatic carbocycles. The fraction of sp³-hybridized carbons (Fsp3) is 0.400. The first kappa shape index (κ1) is 24.9. The van der Waals surface area contributed by atoms with E-state index in [0.29, 0.717) is 20.7 Å². The van der Waals surface area contributed by atoms with Crippen LogP contribution in [0.4, 0.5) is 0 Å². The molecule has 0 amide bonds. The second-order valence-electron chi connectivity index (χ2n) is 6.99. The average Bonchev–Trinajstić information content (AvgIpc) is 3.24. The van der Waals surface area contributed by atoms with Crippen molar-refractivity contribution in [2.75, 3.05) is 0 Å². The zero-order valence-electron chi connectivity index (χ0n) is 15.8. The first-order valence-corrected chi connectivity index (χ1v) is 15.8. The summed E-state index contributed by atoms with van der Waals surface area (Å²) in [6, 6.07) is 0. The molecule has 138 valence electrons. The number of allylic oxidation sites excluding steroid dienone is 8. The smallest absolute Gasteiger partial charge is 1.00 e. The van der Waals surface area contributed by atoms with Crippen molar-refractivity contribution < 1.29 is 51.0 Å². The number of hydrogen-bond acceptors (Lipinski definition) is 0. The first-order valence-electron chi connectivity index (χ1n) is 8.75. The molecule has 0 saturated carbocycles. The number of rotatable bonds is 4. The third-order valence-corrected chi connectivity index (χ3v) is 24.0. The predicted octanol–water partition coefficient (Wildman–Crippen LogP) is -0.725. The van der Waals surface area contributed by atoms with Gasteiger partial charge in [-0.3, -0.25) is 0 Å². The Bertz CT molecular complexity index is 674. The summed E-state index contributed by atoms with van der Waals surface area (Å²) < 4.78 is 0. The third-order valence-electron chi connectivity index (χ3n) is 5.29. The van der Waals surface area contributed by atoms with Crippen molar-refractivity contribution in [1.82, 2.24) is 0 Å². The van der Waals surface area contributed by atoms with Gasteiger partial charge in [-0.05, 0) is 49.3 Å². The Kier molecular flexibility index (Phi) is 9.13. The van der Waals surface area contributed by atoms with Crippen molar-refractivity contribution in [2.24, 2.45) is 0 Å². The van der Waals surface area contributed by atoms with Crippen molar-refractivity contribution >= 4 is 27.1 Å². The topological polar surface area (TPSA) is 0 Å². The van der Waals surface area contributed by atoms with Gasteiger partial charge < -0.3 is 24.8 Å². The van der Waals surface area contributed by atoms with Crippen LogP contribution in [0.3, 0.4) is 0 Å². The van der Waals surface area contributed by atoms with Gasteiger partial charge in [-0.25, -0.2) is 0 Å². The molecule has 6 heteroatoms. The van der Waals surface area contributed by atoms with Gasteiger partial charge in [0.15, 0.2) is 0 Å². The van der Waals surface area contributed by atoms with Gasteiger partial charge >= 0.3 is 32.6 Å². The van der Waals surface area contributed by atoms with E-state index in [0.717, 1.165) is 10.5 Å². The van der Waals surface area contributed by atoms with E-state index >= 15 is 0 Å². The molecular weight excluding hydrogens is 495 g/mol. The summed E-state index contributed by atoms with van der Waals surface area (Å²) in [4.78, 5) is 3.38. The summed E-state index contributed by atoms with van der Waals surface area (Å²) in [6.07, 6.45) is 20.4. The molecule has 2 aliphatic heterocycles. The number of hydrogen-bond donors (Lipinski definition) is 0. The molecule has 0 spiro atoms. The van der Waals surface area contributed by atoms with Crippen LogP contribution in [0.15, 0.2) is 69.6 Å². The molecule has 4 unspecified atom stereocenters. The Morgan fingerprint density at radius 1 is 0.808 bits per heavy atom. The average molecular weight is 521 g/mol. The Hall–Kier alpha value is 0.820. The van der Waals surface area contributed by atoms with Crippen LogP contribution in [0, 0.1) is 0 Å². The van der Waals surface area contributed by atoms with Gasteiger partial charge in [-0.1, -0.05) is 26.0 Å². The molecule has 0 aromatic rings. The second kappa shape index (κ2) is 9.55. The first-order chi connectivity index (χ1) is 11.1. The summed E-state index contributed by atoms with van der Waals surface area (Å²) in [5, 5.41) is 1.57. The van der Waals surface area contributed by atoms with E-state index in [-0.39, 0.29) is 51.0 Å². The fourth-order valence-corrected chi connectivity index (χ4v) is 26.4. The largest absolute Gasteiger partial charge is 2.00 e. The minimum Gasteiger partial charge on any atom is -1.00 e. The van der Waals surface area contributed by atoms with E-state index < -0.39 is 6.37 Å². The van der Waals surface area contributed by atoms with Crippen molar-refractivity contribution in [2.45, 2.75) is 50.3 Å². The van der Waals surface area contributed by atoms with Crippen LogP contribution in [0.2, 0.25) is 13.1 Å². The number of fused-ring (bicyclic) bond motifs is 2. The molecule has 2 aliphatic carbocycles. The summed E-state index contributed by atoms with van der Waals surface area (Å²) >= 11 is 0. The van der Waals surface area contributed by atoms with Gasteiger partial charge in [0.25, 0.3) is 0 Å². The number of halogens is 2. The SMILES string of the molecule is CCC1C=C2C=CC=C2[S+]1[Si](C)(C)[S+]1C2=CC=CC2=CC1CC.[Cl-].[Cl-].[Zr+2]. The maximum atomic E-state index is 2.69. The van der Waals surface area contributed by atoms with Gasteiger partial charge in [0.1, 0.15) is 20.3 Å². The van der Waals surface area contributed by atoms with Crippen LogP contribution >= 0.6 is 0 Å². The molecule has 0 bridgehead atoms. The van der Waals surface area contributed by atoms with Crippen LogP contribution in [-0.4, -0.2) is 16.9 Å². The molecule has 26 heavy (non-hydrogen) atoms. The molecule has 2 heterocycles. The Balaban J connectivity index is 0.00000113. The molecular formula is C20H26Cl2S2SiZr+2. The molecule has 4 aliphatic rings. The zero-order valence-corrected chi connectivity index (χ0v) is 22.4. The summed E-state index contributed by atoms with van der Waals surface area (Å²) in [5.41, 5.74) is 3.09. The molecule has 0 N–H and O–H groups in total. The molecule has 0 nitrogen and oxygen atoms in total. The Labute approximate surface area is 196 Å². The normalized spacial score (nSPS) is 30.3. The van der Waals surface area contributed by atoms with Gasteiger partial charge in [-0.15, -0.1) is 0 Å². The van der Waals surface area contributed by atoms with Crippen LogP contribution in [0.1, 0.15) is 26.7 Å². The minimum atomic E-state index is -1.44. The van der Waals surface area contributed by atoms with E-state index in [1.807, 2.05) is 0 Å². The molecule has 0 aromatic heterocycles. The summed E-state index contributed by atoms with van der Waals surface area (Å²) in [5.74, 6) is 0. The second-order valence-corrected chi connectivity index (χ2v) is 22.8. The third kappa shape index (κ3) is 3.81. The van der Waals surface area contributed by atoms with E-state index in [9.17, 15) is 0 Å². The molecule has 0 fully saturated rings. The van der Waals surface area contributed by atoms with Crippen LogP contribution < -0.4 is 24.8 Å². The molecule has 0 radical (unpaired) electrons. The Morgan fingerprint density at radius 3 is 1.54 bits per heavy atom. The van der Waals surface area contributed by atoms with E-state index in [1.165, 1.54) is 12.8 Å². The van der Waals surface area contributed by atoms with Crippen molar-refractivity contribution in [3.05, 3.63) is 69.6 Å². The maximum Gasteiger partial charge on any atom is 2.00 e. The van der Waals surface area contributed by atoms with Crippen molar-refractivity contribution in [3.8, 4) is 0 Å². The monoisotopic (exact) mass is 518 g/mol. The molecule has 4 atom stereocenters. The van der Waals surface area contributed by atoms with E-state index in [2.05, 4.69) is 75.5 Å².